The van der Waals surface area contributed by atoms with Gasteiger partial charge >= 0.3 is 0 Å². The van der Waals surface area contributed by atoms with E-state index in [-0.39, 0.29) is 24.1 Å². The first-order valence-electron chi connectivity index (χ1n) is 9.47. The quantitative estimate of drug-likeness (QED) is 0.789. The highest BCUT2D eigenvalue weighted by Crippen LogP contribution is 2.31. The minimum atomic E-state index is -0.606. The van der Waals surface area contributed by atoms with Crippen LogP contribution < -0.4 is 14.2 Å². The molecule has 0 aliphatic carbocycles. The Balaban J connectivity index is 1.22. The molecular weight excluding hydrogens is 363 g/mol. The highest BCUT2D eigenvalue weighted by atomic mass is 19.1. The van der Waals surface area contributed by atoms with Gasteiger partial charge in [0.15, 0.2) is 23.1 Å². The van der Waals surface area contributed by atoms with E-state index in [1.54, 1.807) is 18.2 Å². The third kappa shape index (κ3) is 4.20. The number of halogens is 1. The molecule has 2 heterocycles. The molecule has 1 atom stereocenters. The first-order chi connectivity index (χ1) is 13.7. The smallest absolute Gasteiger partial charge is 0.267 e. The topological polar surface area (TPSA) is 51.2 Å². The third-order valence-electron chi connectivity index (χ3n) is 4.97. The van der Waals surface area contributed by atoms with Crippen LogP contribution in [0.3, 0.4) is 0 Å². The minimum absolute atomic E-state index is 0.0447. The second-order valence-electron chi connectivity index (χ2n) is 6.81. The van der Waals surface area contributed by atoms with E-state index in [9.17, 15) is 9.18 Å². The molecule has 2 aliphatic rings. The van der Waals surface area contributed by atoms with Crippen LogP contribution in [0.25, 0.3) is 0 Å². The largest absolute Gasteiger partial charge is 0.489 e. The lowest BCUT2D eigenvalue weighted by molar-refractivity contribution is -0.143. The summed E-state index contributed by atoms with van der Waals surface area (Å²) < 4.78 is 30.5. The van der Waals surface area contributed by atoms with Crippen LogP contribution in [0.1, 0.15) is 0 Å². The zero-order chi connectivity index (χ0) is 19.3. The van der Waals surface area contributed by atoms with Crippen molar-refractivity contribution in [2.75, 3.05) is 45.9 Å². The highest BCUT2D eigenvalue weighted by Gasteiger charge is 2.32. The Morgan fingerprint density at radius 1 is 1.04 bits per heavy atom. The van der Waals surface area contributed by atoms with E-state index in [1.807, 2.05) is 29.2 Å². The maximum absolute atomic E-state index is 13.6. The Hall–Kier alpha value is -2.80. The maximum Gasteiger partial charge on any atom is 0.267 e. The van der Waals surface area contributed by atoms with Gasteiger partial charge in [0.25, 0.3) is 5.91 Å². The monoisotopic (exact) mass is 386 g/mol. The summed E-state index contributed by atoms with van der Waals surface area (Å²) in [7, 11) is 0. The van der Waals surface area contributed by atoms with E-state index in [1.165, 1.54) is 6.07 Å². The summed E-state index contributed by atoms with van der Waals surface area (Å²) in [4.78, 5) is 16.8. The predicted octanol–water partition coefficient (Wildman–Crippen LogP) is 2.19. The molecule has 6 nitrogen and oxygen atoms in total. The Morgan fingerprint density at radius 2 is 1.75 bits per heavy atom. The van der Waals surface area contributed by atoms with Crippen molar-refractivity contribution in [2.45, 2.75) is 6.10 Å². The lowest BCUT2D eigenvalue weighted by Crippen LogP contribution is -2.54. The van der Waals surface area contributed by atoms with Gasteiger partial charge < -0.3 is 19.1 Å². The molecule has 1 amide bonds. The van der Waals surface area contributed by atoms with Crippen LogP contribution in [-0.2, 0) is 4.79 Å². The molecule has 0 aromatic heterocycles. The van der Waals surface area contributed by atoms with Crippen LogP contribution in [0.5, 0.6) is 17.2 Å². The van der Waals surface area contributed by atoms with Crippen molar-refractivity contribution in [1.29, 1.82) is 0 Å². The summed E-state index contributed by atoms with van der Waals surface area (Å²) in [6.07, 6.45) is -0.606. The predicted molar refractivity (Wildman–Crippen MR) is 101 cm³/mol. The number of fused-ring (bicyclic) bond motifs is 1. The first kappa shape index (κ1) is 18.6. The van der Waals surface area contributed by atoms with Gasteiger partial charge in [-0.2, -0.15) is 0 Å². The highest BCUT2D eigenvalue weighted by molar-refractivity contribution is 5.82. The number of para-hydroxylation sites is 3. The molecular formula is C21H23FN2O4. The number of piperazine rings is 1. The SMILES string of the molecule is O=C(C1COc2ccccc2O1)N1CCN(CCOc2ccccc2F)CC1. The van der Waals surface area contributed by atoms with Gasteiger partial charge in [0.2, 0.25) is 6.10 Å². The summed E-state index contributed by atoms with van der Waals surface area (Å²) in [5.74, 6) is 1.15. The summed E-state index contributed by atoms with van der Waals surface area (Å²) in [6.45, 7) is 4.07. The van der Waals surface area contributed by atoms with Gasteiger partial charge in [-0.1, -0.05) is 24.3 Å². The molecule has 0 N–H and O–H groups in total. The fraction of sp³-hybridized carbons (Fsp3) is 0.381. The molecule has 1 fully saturated rings. The average molecular weight is 386 g/mol. The maximum atomic E-state index is 13.6. The molecule has 1 unspecified atom stereocenters. The average Bonchev–Trinajstić information content (AvgIpc) is 2.75. The molecule has 7 heteroatoms. The number of nitrogens with zero attached hydrogens (tertiary/aromatic N) is 2. The third-order valence-corrected chi connectivity index (χ3v) is 4.97. The normalized spacial score (nSPS) is 19.3. The van der Waals surface area contributed by atoms with Crippen molar-refractivity contribution < 1.29 is 23.4 Å². The van der Waals surface area contributed by atoms with Crippen molar-refractivity contribution in [2.24, 2.45) is 0 Å². The summed E-state index contributed by atoms with van der Waals surface area (Å²) in [5, 5.41) is 0. The number of ether oxygens (including phenoxy) is 3. The van der Waals surface area contributed by atoms with Crippen LogP contribution in [0.4, 0.5) is 4.39 Å². The van der Waals surface area contributed by atoms with Gasteiger partial charge in [0.05, 0.1) is 0 Å². The van der Waals surface area contributed by atoms with Gasteiger partial charge in [-0.25, -0.2) is 4.39 Å². The van der Waals surface area contributed by atoms with Gasteiger partial charge in [0, 0.05) is 32.7 Å². The molecule has 28 heavy (non-hydrogen) atoms. The van der Waals surface area contributed by atoms with E-state index in [0.717, 1.165) is 13.1 Å². The van der Waals surface area contributed by atoms with Crippen molar-refractivity contribution in [3.05, 3.63) is 54.3 Å². The molecule has 0 bridgehead atoms. The molecule has 1 saturated heterocycles. The van der Waals surface area contributed by atoms with Crippen LogP contribution in [-0.4, -0.2) is 67.7 Å². The van der Waals surface area contributed by atoms with E-state index in [2.05, 4.69) is 4.90 Å². The first-order valence-corrected chi connectivity index (χ1v) is 9.47. The number of carbonyl (C=O) groups is 1. The van der Waals surface area contributed by atoms with Gasteiger partial charge in [-0.05, 0) is 24.3 Å². The molecule has 2 aliphatic heterocycles. The Kier molecular flexibility index (Phi) is 5.62. The van der Waals surface area contributed by atoms with Crippen LogP contribution >= 0.6 is 0 Å². The zero-order valence-electron chi connectivity index (χ0n) is 15.6. The zero-order valence-corrected chi connectivity index (χ0v) is 15.6. The van der Waals surface area contributed by atoms with Crippen molar-refractivity contribution in [3.63, 3.8) is 0 Å². The number of carbonyl (C=O) groups excluding carboxylic acids is 1. The molecule has 2 aromatic carbocycles. The summed E-state index contributed by atoms with van der Waals surface area (Å²) in [5.41, 5.74) is 0. The standard InChI is InChI=1S/C21H23FN2O4/c22-16-5-1-2-6-17(16)26-14-13-23-9-11-24(12-10-23)21(25)20-15-27-18-7-3-4-8-19(18)28-20/h1-8,20H,9-15H2. The number of rotatable bonds is 5. The fourth-order valence-electron chi connectivity index (χ4n) is 3.38. The Morgan fingerprint density at radius 3 is 2.54 bits per heavy atom. The van der Waals surface area contributed by atoms with E-state index < -0.39 is 6.10 Å². The second kappa shape index (κ2) is 8.48. The Labute approximate surface area is 163 Å². The van der Waals surface area contributed by atoms with Gasteiger partial charge in [-0.15, -0.1) is 0 Å². The van der Waals surface area contributed by atoms with Gasteiger partial charge in [0.1, 0.15) is 13.2 Å². The van der Waals surface area contributed by atoms with Crippen molar-refractivity contribution >= 4 is 5.91 Å². The molecule has 0 spiro atoms. The minimum Gasteiger partial charge on any atom is -0.489 e. The fourth-order valence-corrected chi connectivity index (χ4v) is 3.38. The van der Waals surface area contributed by atoms with Crippen LogP contribution in [0.15, 0.2) is 48.5 Å². The lowest BCUT2D eigenvalue weighted by Gasteiger charge is -2.37. The molecule has 2 aromatic rings. The molecule has 4 rings (SSSR count). The number of amides is 1. The Bertz CT molecular complexity index is 824. The number of hydrogen-bond donors (Lipinski definition) is 0. The van der Waals surface area contributed by atoms with E-state index in [0.29, 0.717) is 37.7 Å². The molecule has 0 saturated carbocycles. The van der Waals surface area contributed by atoms with Crippen LogP contribution in [0.2, 0.25) is 0 Å². The van der Waals surface area contributed by atoms with E-state index in [4.69, 9.17) is 14.2 Å². The molecule has 0 radical (unpaired) electrons. The number of benzene rings is 2. The summed E-state index contributed by atoms with van der Waals surface area (Å²) >= 11 is 0. The van der Waals surface area contributed by atoms with Crippen molar-refractivity contribution in [3.8, 4) is 17.2 Å². The van der Waals surface area contributed by atoms with Gasteiger partial charge in [-0.3, -0.25) is 9.69 Å². The molecule has 148 valence electrons. The second-order valence-corrected chi connectivity index (χ2v) is 6.81. The van der Waals surface area contributed by atoms with E-state index >= 15 is 0 Å². The lowest BCUT2D eigenvalue weighted by atomic mass is 10.2. The number of hydrogen-bond acceptors (Lipinski definition) is 5. The summed E-state index contributed by atoms with van der Waals surface area (Å²) in [6, 6.07) is 13.8. The van der Waals surface area contributed by atoms with Crippen LogP contribution in [0, 0.1) is 5.82 Å². The van der Waals surface area contributed by atoms with Crippen molar-refractivity contribution in [1.82, 2.24) is 9.80 Å².